The van der Waals surface area contributed by atoms with Crippen LogP contribution in [0.1, 0.15) is 5.56 Å². The van der Waals surface area contributed by atoms with Crippen LogP contribution in [0.2, 0.25) is 0 Å². The summed E-state index contributed by atoms with van der Waals surface area (Å²) >= 11 is 0. The average Bonchev–Trinajstić information content (AvgIpc) is 2.55. The number of rotatable bonds is 4. The number of aromatic hydroxyl groups is 1. The zero-order valence-corrected chi connectivity index (χ0v) is 11.4. The molecule has 2 aromatic carbocycles. The summed E-state index contributed by atoms with van der Waals surface area (Å²) in [4.78, 5) is 4.18. The maximum atomic E-state index is 9.79. The molecule has 3 heteroatoms. The van der Waals surface area contributed by atoms with Crippen LogP contribution in [0.25, 0.3) is 11.3 Å². The van der Waals surface area contributed by atoms with E-state index in [9.17, 15) is 5.11 Å². The summed E-state index contributed by atoms with van der Waals surface area (Å²) in [5.74, 6) is 0.966. The average molecular weight is 277 g/mol. The molecule has 0 aliphatic carbocycles. The lowest BCUT2D eigenvalue weighted by molar-refractivity contribution is 0.306. The van der Waals surface area contributed by atoms with E-state index in [1.54, 1.807) is 18.3 Å². The third-order valence-electron chi connectivity index (χ3n) is 3.16. The van der Waals surface area contributed by atoms with Crippen LogP contribution < -0.4 is 4.74 Å². The van der Waals surface area contributed by atoms with Gasteiger partial charge >= 0.3 is 0 Å². The summed E-state index contributed by atoms with van der Waals surface area (Å²) in [5, 5.41) is 9.79. The Labute approximate surface area is 123 Å². The van der Waals surface area contributed by atoms with Crippen molar-refractivity contribution in [2.45, 2.75) is 6.61 Å². The van der Waals surface area contributed by atoms with Gasteiger partial charge in [0, 0.05) is 11.8 Å². The van der Waals surface area contributed by atoms with Crippen LogP contribution in [0.5, 0.6) is 11.5 Å². The van der Waals surface area contributed by atoms with Crippen molar-refractivity contribution in [2.24, 2.45) is 0 Å². The summed E-state index contributed by atoms with van der Waals surface area (Å²) in [6.45, 7) is 0.537. The largest absolute Gasteiger partial charge is 0.506 e. The Morgan fingerprint density at radius 1 is 0.857 bits per heavy atom. The van der Waals surface area contributed by atoms with Crippen LogP contribution in [-0.4, -0.2) is 10.1 Å². The number of ether oxygens (including phenoxy) is 1. The van der Waals surface area contributed by atoms with Crippen LogP contribution in [0.3, 0.4) is 0 Å². The molecule has 3 aromatic rings. The summed E-state index contributed by atoms with van der Waals surface area (Å²) in [7, 11) is 0. The fourth-order valence-corrected chi connectivity index (χ4v) is 2.07. The molecule has 0 bridgehead atoms. The van der Waals surface area contributed by atoms with Crippen molar-refractivity contribution >= 4 is 0 Å². The Morgan fingerprint density at radius 2 is 1.62 bits per heavy atom. The molecule has 1 aromatic heterocycles. The van der Waals surface area contributed by atoms with Crippen LogP contribution in [-0.2, 0) is 6.61 Å². The van der Waals surface area contributed by atoms with Gasteiger partial charge in [-0.2, -0.15) is 0 Å². The monoisotopic (exact) mass is 277 g/mol. The highest BCUT2D eigenvalue weighted by Crippen LogP contribution is 2.27. The molecule has 0 radical (unpaired) electrons. The minimum Gasteiger partial charge on any atom is -0.506 e. The van der Waals surface area contributed by atoms with E-state index in [2.05, 4.69) is 4.98 Å². The lowest BCUT2D eigenvalue weighted by Crippen LogP contribution is -1.94. The molecular formula is C18H15NO2. The first-order valence-electron chi connectivity index (χ1n) is 6.74. The number of benzene rings is 2. The summed E-state index contributed by atoms with van der Waals surface area (Å²) in [6.07, 6.45) is 1.66. The van der Waals surface area contributed by atoms with E-state index >= 15 is 0 Å². The molecule has 0 saturated carbocycles. The molecule has 3 nitrogen and oxygen atoms in total. The van der Waals surface area contributed by atoms with E-state index in [-0.39, 0.29) is 5.75 Å². The predicted octanol–water partition coefficient (Wildman–Crippen LogP) is 4.03. The molecule has 0 fully saturated rings. The number of hydrogen-bond acceptors (Lipinski definition) is 3. The number of nitrogens with zero attached hydrogens (tertiary/aromatic N) is 1. The van der Waals surface area contributed by atoms with Crippen molar-refractivity contribution in [3.8, 4) is 22.8 Å². The van der Waals surface area contributed by atoms with Gasteiger partial charge in [0.25, 0.3) is 0 Å². The molecular weight excluding hydrogens is 262 g/mol. The molecule has 0 amide bonds. The zero-order chi connectivity index (χ0) is 14.5. The second-order valence-corrected chi connectivity index (χ2v) is 4.67. The first-order chi connectivity index (χ1) is 10.3. The first-order valence-corrected chi connectivity index (χ1v) is 6.74. The van der Waals surface area contributed by atoms with Crippen LogP contribution in [0, 0.1) is 0 Å². The topological polar surface area (TPSA) is 42.4 Å². The smallest absolute Gasteiger partial charge is 0.141 e. The Balaban J connectivity index is 1.71. The minimum absolute atomic E-state index is 0.176. The van der Waals surface area contributed by atoms with Crippen molar-refractivity contribution in [1.82, 2.24) is 4.98 Å². The van der Waals surface area contributed by atoms with E-state index in [0.29, 0.717) is 12.3 Å². The highest BCUT2D eigenvalue weighted by molar-refractivity contribution is 5.66. The van der Waals surface area contributed by atoms with E-state index in [1.165, 1.54) is 0 Å². The van der Waals surface area contributed by atoms with Gasteiger partial charge in [-0.3, -0.25) is 4.98 Å². The van der Waals surface area contributed by atoms with Gasteiger partial charge in [-0.1, -0.05) is 30.3 Å². The molecule has 0 aliphatic heterocycles. The van der Waals surface area contributed by atoms with Crippen LogP contribution in [0.15, 0.2) is 72.9 Å². The summed E-state index contributed by atoms with van der Waals surface area (Å²) in [5.41, 5.74) is 2.57. The van der Waals surface area contributed by atoms with Crippen molar-refractivity contribution in [3.63, 3.8) is 0 Å². The van der Waals surface area contributed by atoms with Gasteiger partial charge in [0.2, 0.25) is 0 Å². The van der Waals surface area contributed by atoms with Gasteiger partial charge in [-0.25, -0.2) is 0 Å². The molecule has 0 saturated heterocycles. The Hall–Kier alpha value is -2.81. The Bertz CT molecular complexity index is 709. The molecule has 0 aliphatic rings. The van der Waals surface area contributed by atoms with Crippen molar-refractivity contribution in [1.29, 1.82) is 0 Å². The normalized spacial score (nSPS) is 10.3. The minimum atomic E-state index is 0.176. The number of hydrogen-bond donors (Lipinski definition) is 1. The van der Waals surface area contributed by atoms with Gasteiger partial charge in [-0.15, -0.1) is 0 Å². The lowest BCUT2D eigenvalue weighted by Gasteiger charge is -2.08. The second-order valence-electron chi connectivity index (χ2n) is 4.67. The Kier molecular flexibility index (Phi) is 3.83. The summed E-state index contributed by atoms with van der Waals surface area (Å²) < 4.78 is 5.73. The quantitative estimate of drug-likeness (QED) is 0.782. The van der Waals surface area contributed by atoms with Crippen molar-refractivity contribution < 1.29 is 9.84 Å². The van der Waals surface area contributed by atoms with E-state index < -0.39 is 0 Å². The van der Waals surface area contributed by atoms with Crippen molar-refractivity contribution in [2.75, 3.05) is 0 Å². The maximum Gasteiger partial charge on any atom is 0.141 e. The fraction of sp³-hybridized carbons (Fsp3) is 0.0556. The second kappa shape index (κ2) is 6.09. The van der Waals surface area contributed by atoms with E-state index in [4.69, 9.17) is 4.74 Å². The first kappa shape index (κ1) is 13.2. The fourth-order valence-electron chi connectivity index (χ4n) is 2.07. The highest BCUT2D eigenvalue weighted by Gasteiger charge is 2.05. The third-order valence-corrected chi connectivity index (χ3v) is 3.16. The number of aromatic nitrogens is 1. The molecule has 0 unspecified atom stereocenters. The SMILES string of the molecule is Oc1cccnc1-c1ccc(OCc2ccccc2)cc1. The predicted molar refractivity (Wildman–Crippen MR) is 82.1 cm³/mol. The van der Waals surface area contributed by atoms with E-state index in [1.807, 2.05) is 54.6 Å². The van der Waals surface area contributed by atoms with Gasteiger partial charge < -0.3 is 9.84 Å². The van der Waals surface area contributed by atoms with Gasteiger partial charge in [0.1, 0.15) is 23.8 Å². The van der Waals surface area contributed by atoms with Gasteiger partial charge in [0.05, 0.1) is 0 Å². The molecule has 21 heavy (non-hydrogen) atoms. The maximum absolute atomic E-state index is 9.79. The molecule has 0 atom stereocenters. The molecule has 1 N–H and O–H groups in total. The van der Waals surface area contributed by atoms with Crippen LogP contribution in [0.4, 0.5) is 0 Å². The highest BCUT2D eigenvalue weighted by atomic mass is 16.5. The summed E-state index contributed by atoms with van der Waals surface area (Å²) in [6, 6.07) is 20.9. The van der Waals surface area contributed by atoms with Crippen LogP contribution >= 0.6 is 0 Å². The third kappa shape index (κ3) is 3.20. The van der Waals surface area contributed by atoms with Gasteiger partial charge in [-0.05, 0) is 42.0 Å². The Morgan fingerprint density at radius 3 is 2.33 bits per heavy atom. The lowest BCUT2D eigenvalue weighted by atomic mass is 10.1. The number of pyridine rings is 1. The van der Waals surface area contributed by atoms with E-state index in [0.717, 1.165) is 16.9 Å². The molecule has 3 rings (SSSR count). The van der Waals surface area contributed by atoms with Gasteiger partial charge in [0.15, 0.2) is 0 Å². The van der Waals surface area contributed by atoms with Crippen molar-refractivity contribution in [3.05, 3.63) is 78.5 Å². The standard InChI is InChI=1S/C18H15NO2/c20-17-7-4-12-19-18(17)15-8-10-16(11-9-15)21-13-14-5-2-1-3-6-14/h1-12,20H,13H2. The molecule has 1 heterocycles. The molecule has 104 valence electrons. The zero-order valence-electron chi connectivity index (χ0n) is 11.4. The molecule has 0 spiro atoms.